The highest BCUT2D eigenvalue weighted by Crippen LogP contribution is 2.30. The maximum Gasteiger partial charge on any atom is 0.255 e. The minimum absolute atomic E-state index is 0.0234. The second-order valence-corrected chi connectivity index (χ2v) is 5.74. The highest BCUT2D eigenvalue weighted by atomic mass is 35.5. The van der Waals surface area contributed by atoms with Crippen LogP contribution in [0.15, 0.2) is 48.5 Å². The molecule has 0 radical (unpaired) electrons. The second kappa shape index (κ2) is 6.20. The van der Waals surface area contributed by atoms with Crippen LogP contribution in [0.5, 0.6) is 0 Å². The molecule has 4 nitrogen and oxygen atoms in total. The van der Waals surface area contributed by atoms with Crippen molar-refractivity contribution >= 4 is 34.8 Å². The average molecular weight is 315 g/mol. The van der Waals surface area contributed by atoms with Crippen LogP contribution in [-0.2, 0) is 4.79 Å². The van der Waals surface area contributed by atoms with Crippen molar-refractivity contribution in [2.24, 2.45) is 5.92 Å². The Labute approximate surface area is 133 Å². The van der Waals surface area contributed by atoms with E-state index in [0.717, 1.165) is 12.8 Å². The van der Waals surface area contributed by atoms with Crippen LogP contribution in [0.1, 0.15) is 23.2 Å². The molecule has 0 aliphatic heterocycles. The molecule has 0 bridgehead atoms. The molecule has 1 saturated carbocycles. The lowest BCUT2D eigenvalue weighted by Crippen LogP contribution is -2.15. The lowest BCUT2D eigenvalue weighted by Gasteiger charge is -2.08. The van der Waals surface area contributed by atoms with Crippen molar-refractivity contribution in [2.45, 2.75) is 12.8 Å². The van der Waals surface area contributed by atoms with Crippen LogP contribution >= 0.6 is 11.6 Å². The highest BCUT2D eigenvalue weighted by molar-refractivity contribution is 6.30. The fourth-order valence-electron chi connectivity index (χ4n) is 2.06. The maximum absolute atomic E-state index is 12.2. The SMILES string of the molecule is O=C(Nc1ccc(Cl)cc1)c1cccc(NC(=O)C2CC2)c1. The van der Waals surface area contributed by atoms with Crippen LogP contribution in [0.25, 0.3) is 0 Å². The summed E-state index contributed by atoms with van der Waals surface area (Å²) in [6.45, 7) is 0. The molecule has 112 valence electrons. The summed E-state index contributed by atoms with van der Waals surface area (Å²) in [6.07, 6.45) is 1.89. The fourth-order valence-corrected chi connectivity index (χ4v) is 2.19. The van der Waals surface area contributed by atoms with Crippen molar-refractivity contribution in [3.05, 3.63) is 59.1 Å². The molecule has 2 aromatic rings. The number of carbonyl (C=O) groups is 2. The standard InChI is InChI=1S/C17H15ClN2O2/c18-13-6-8-14(9-7-13)19-17(22)12-2-1-3-15(10-12)20-16(21)11-4-5-11/h1-3,6-11H,4-5H2,(H,19,22)(H,20,21). The van der Waals surface area contributed by atoms with Gasteiger partial charge < -0.3 is 10.6 Å². The topological polar surface area (TPSA) is 58.2 Å². The molecule has 2 aromatic carbocycles. The Bertz CT molecular complexity index is 709. The van der Waals surface area contributed by atoms with Gasteiger partial charge in [0, 0.05) is 27.9 Å². The summed E-state index contributed by atoms with van der Waals surface area (Å²) in [5.41, 5.74) is 1.80. The van der Waals surface area contributed by atoms with Gasteiger partial charge in [-0.25, -0.2) is 0 Å². The lowest BCUT2D eigenvalue weighted by atomic mass is 10.1. The van der Waals surface area contributed by atoms with Gasteiger partial charge in [0.25, 0.3) is 5.91 Å². The minimum atomic E-state index is -0.232. The molecule has 3 rings (SSSR count). The number of rotatable bonds is 4. The van der Waals surface area contributed by atoms with E-state index in [0.29, 0.717) is 22.0 Å². The van der Waals surface area contributed by atoms with Crippen molar-refractivity contribution in [1.29, 1.82) is 0 Å². The summed E-state index contributed by atoms with van der Waals surface area (Å²) < 4.78 is 0. The fraction of sp³-hybridized carbons (Fsp3) is 0.176. The lowest BCUT2D eigenvalue weighted by molar-refractivity contribution is -0.117. The number of carbonyl (C=O) groups excluding carboxylic acids is 2. The first-order valence-electron chi connectivity index (χ1n) is 7.10. The number of anilines is 2. The Morgan fingerprint density at radius 2 is 1.68 bits per heavy atom. The Morgan fingerprint density at radius 1 is 0.955 bits per heavy atom. The van der Waals surface area contributed by atoms with Crippen LogP contribution in [-0.4, -0.2) is 11.8 Å². The van der Waals surface area contributed by atoms with Crippen molar-refractivity contribution in [2.75, 3.05) is 10.6 Å². The van der Waals surface area contributed by atoms with E-state index >= 15 is 0 Å². The summed E-state index contributed by atoms with van der Waals surface area (Å²) in [7, 11) is 0. The number of nitrogens with one attached hydrogen (secondary N) is 2. The van der Waals surface area contributed by atoms with Crippen molar-refractivity contribution in [3.63, 3.8) is 0 Å². The highest BCUT2D eigenvalue weighted by Gasteiger charge is 2.29. The van der Waals surface area contributed by atoms with Crippen LogP contribution in [0.2, 0.25) is 5.02 Å². The average Bonchev–Trinajstić information content (AvgIpc) is 3.34. The summed E-state index contributed by atoms with van der Waals surface area (Å²) in [5, 5.41) is 6.24. The number of hydrogen-bond acceptors (Lipinski definition) is 2. The van der Waals surface area contributed by atoms with Gasteiger partial charge in [-0.3, -0.25) is 9.59 Å². The zero-order valence-corrected chi connectivity index (χ0v) is 12.6. The normalized spacial score (nSPS) is 13.5. The first-order valence-corrected chi connectivity index (χ1v) is 7.47. The van der Waals surface area contributed by atoms with Crippen LogP contribution in [0.4, 0.5) is 11.4 Å². The van der Waals surface area contributed by atoms with Gasteiger partial charge in [-0.15, -0.1) is 0 Å². The Kier molecular flexibility index (Phi) is 4.11. The van der Waals surface area contributed by atoms with E-state index in [9.17, 15) is 9.59 Å². The van der Waals surface area contributed by atoms with Gasteiger partial charge in [-0.05, 0) is 55.3 Å². The molecular weight excluding hydrogens is 300 g/mol. The monoisotopic (exact) mass is 314 g/mol. The van der Waals surface area contributed by atoms with E-state index in [-0.39, 0.29) is 17.7 Å². The van der Waals surface area contributed by atoms with E-state index in [4.69, 9.17) is 11.6 Å². The van der Waals surface area contributed by atoms with Gasteiger partial charge in [-0.1, -0.05) is 17.7 Å². The first-order chi connectivity index (χ1) is 10.6. The van der Waals surface area contributed by atoms with Crippen LogP contribution in [0.3, 0.4) is 0 Å². The smallest absolute Gasteiger partial charge is 0.255 e. The first kappa shape index (κ1) is 14.6. The molecule has 1 aliphatic carbocycles. The van der Waals surface area contributed by atoms with Crippen molar-refractivity contribution in [3.8, 4) is 0 Å². The zero-order chi connectivity index (χ0) is 15.5. The maximum atomic E-state index is 12.2. The third-order valence-corrected chi connectivity index (χ3v) is 3.69. The molecule has 0 atom stereocenters. The summed E-state index contributed by atoms with van der Waals surface area (Å²) in [6, 6.07) is 13.8. The van der Waals surface area contributed by atoms with Gasteiger partial charge >= 0.3 is 0 Å². The van der Waals surface area contributed by atoms with Crippen LogP contribution in [0, 0.1) is 5.92 Å². The zero-order valence-electron chi connectivity index (χ0n) is 11.8. The third kappa shape index (κ3) is 3.65. The predicted molar refractivity (Wildman–Crippen MR) is 87.2 cm³/mol. The number of halogens is 1. The number of hydrogen-bond donors (Lipinski definition) is 2. The van der Waals surface area contributed by atoms with Gasteiger partial charge in [0.05, 0.1) is 0 Å². The molecule has 0 unspecified atom stereocenters. The van der Waals surface area contributed by atoms with Gasteiger partial charge in [0.15, 0.2) is 0 Å². The molecule has 22 heavy (non-hydrogen) atoms. The summed E-state index contributed by atoms with van der Waals surface area (Å²) in [4.78, 5) is 24.0. The van der Waals surface area contributed by atoms with E-state index in [1.807, 2.05) is 0 Å². The second-order valence-electron chi connectivity index (χ2n) is 5.31. The molecule has 0 aromatic heterocycles. The predicted octanol–water partition coefficient (Wildman–Crippen LogP) is 3.94. The quantitative estimate of drug-likeness (QED) is 0.898. The molecule has 5 heteroatoms. The third-order valence-electron chi connectivity index (χ3n) is 3.44. The molecule has 0 saturated heterocycles. The van der Waals surface area contributed by atoms with E-state index in [1.54, 1.807) is 48.5 Å². The molecule has 1 fully saturated rings. The van der Waals surface area contributed by atoms with Gasteiger partial charge in [-0.2, -0.15) is 0 Å². The number of benzene rings is 2. The van der Waals surface area contributed by atoms with Crippen LogP contribution < -0.4 is 10.6 Å². The van der Waals surface area contributed by atoms with Crippen molar-refractivity contribution in [1.82, 2.24) is 0 Å². The minimum Gasteiger partial charge on any atom is -0.326 e. The molecule has 1 aliphatic rings. The Hall–Kier alpha value is -2.33. The largest absolute Gasteiger partial charge is 0.326 e. The molecule has 0 spiro atoms. The Morgan fingerprint density at radius 3 is 2.36 bits per heavy atom. The van der Waals surface area contributed by atoms with Crippen molar-refractivity contribution < 1.29 is 9.59 Å². The van der Waals surface area contributed by atoms with Gasteiger partial charge in [0.2, 0.25) is 5.91 Å². The van der Waals surface area contributed by atoms with E-state index < -0.39 is 0 Å². The molecule has 2 amide bonds. The molecule has 2 N–H and O–H groups in total. The van der Waals surface area contributed by atoms with Gasteiger partial charge in [0.1, 0.15) is 0 Å². The Balaban J connectivity index is 1.69. The van der Waals surface area contributed by atoms with E-state index in [2.05, 4.69) is 10.6 Å². The summed E-state index contributed by atoms with van der Waals surface area (Å²) >= 11 is 5.81. The van der Waals surface area contributed by atoms with E-state index in [1.165, 1.54) is 0 Å². The molecular formula is C17H15ClN2O2. The summed E-state index contributed by atoms with van der Waals surface area (Å²) in [5.74, 6) is -0.0772. The number of amides is 2. The molecule has 0 heterocycles.